The Balaban J connectivity index is 2.24. The Labute approximate surface area is 75.6 Å². The Hall–Kier alpha value is 0.310. The van der Waals surface area contributed by atoms with Crippen molar-refractivity contribution in [2.24, 2.45) is 5.92 Å². The number of nitrogens with zero attached hydrogens (tertiary/aromatic N) is 1. The van der Waals surface area contributed by atoms with Gasteiger partial charge in [0, 0.05) is 5.25 Å². The lowest BCUT2D eigenvalue weighted by atomic mass is 9.94. The van der Waals surface area contributed by atoms with Crippen molar-refractivity contribution in [2.45, 2.75) is 31.9 Å². The molecule has 1 heterocycles. The van der Waals surface area contributed by atoms with Crippen LogP contribution in [-0.2, 0) is 0 Å². The molecule has 1 nitrogen and oxygen atoms in total. The molecule has 1 rings (SSSR count). The summed E-state index contributed by atoms with van der Waals surface area (Å²) in [7, 11) is 0. The van der Waals surface area contributed by atoms with E-state index in [1.807, 2.05) is 0 Å². The highest BCUT2D eigenvalue weighted by molar-refractivity contribution is 7.80. The van der Waals surface area contributed by atoms with E-state index in [4.69, 9.17) is 0 Å². The summed E-state index contributed by atoms with van der Waals surface area (Å²) in [5, 5.41) is 0.592. The minimum Gasteiger partial charge on any atom is -0.304 e. The molecule has 66 valence electrons. The van der Waals surface area contributed by atoms with Crippen LogP contribution in [0.3, 0.4) is 0 Å². The van der Waals surface area contributed by atoms with E-state index in [-0.39, 0.29) is 0 Å². The molecule has 0 spiro atoms. The second-order valence-electron chi connectivity index (χ2n) is 3.51. The first kappa shape index (κ1) is 9.40. The van der Waals surface area contributed by atoms with Crippen molar-refractivity contribution in [3.05, 3.63) is 0 Å². The molecule has 0 aromatic carbocycles. The van der Waals surface area contributed by atoms with Crippen LogP contribution in [0.4, 0.5) is 0 Å². The second kappa shape index (κ2) is 4.36. The quantitative estimate of drug-likeness (QED) is 0.625. The van der Waals surface area contributed by atoms with Gasteiger partial charge in [-0.2, -0.15) is 12.6 Å². The van der Waals surface area contributed by atoms with Crippen LogP contribution in [0.15, 0.2) is 0 Å². The van der Waals surface area contributed by atoms with Crippen molar-refractivity contribution in [2.75, 3.05) is 19.6 Å². The molecular weight excluding hydrogens is 154 g/mol. The van der Waals surface area contributed by atoms with Crippen molar-refractivity contribution in [3.63, 3.8) is 0 Å². The minimum absolute atomic E-state index is 0.592. The molecule has 0 aliphatic carbocycles. The molecule has 0 amide bonds. The van der Waals surface area contributed by atoms with Crippen molar-refractivity contribution < 1.29 is 0 Å². The topological polar surface area (TPSA) is 3.24 Å². The van der Waals surface area contributed by atoms with Gasteiger partial charge in [0.05, 0.1) is 0 Å². The van der Waals surface area contributed by atoms with Gasteiger partial charge in [-0.1, -0.05) is 13.8 Å². The average Bonchev–Trinajstić information content (AvgIpc) is 2.05. The number of likely N-dealkylation sites (tertiary alicyclic amines) is 1. The van der Waals surface area contributed by atoms with E-state index in [0.29, 0.717) is 5.25 Å². The summed E-state index contributed by atoms with van der Waals surface area (Å²) in [5.41, 5.74) is 0. The molecule has 1 aliphatic rings. The van der Waals surface area contributed by atoms with E-state index >= 15 is 0 Å². The summed E-state index contributed by atoms with van der Waals surface area (Å²) < 4.78 is 0. The van der Waals surface area contributed by atoms with E-state index < -0.39 is 0 Å². The highest BCUT2D eigenvalue weighted by Gasteiger charge is 2.20. The Kier molecular flexibility index (Phi) is 3.73. The summed E-state index contributed by atoms with van der Waals surface area (Å²) in [6.45, 7) is 8.24. The monoisotopic (exact) mass is 173 g/mol. The van der Waals surface area contributed by atoms with Crippen LogP contribution >= 0.6 is 12.6 Å². The Bertz CT molecular complexity index is 106. The largest absolute Gasteiger partial charge is 0.304 e. The van der Waals surface area contributed by atoms with Crippen LogP contribution in [0.2, 0.25) is 0 Å². The van der Waals surface area contributed by atoms with Gasteiger partial charge in [-0.25, -0.2) is 0 Å². The lowest BCUT2D eigenvalue weighted by Crippen LogP contribution is -2.35. The first-order valence-electron chi connectivity index (χ1n) is 4.64. The molecule has 1 saturated heterocycles. The standard InChI is InChI=1S/C9H19NS/c1-3-10-6-4-9(5-7-10)8(2)11/h8-9,11H,3-7H2,1-2H3. The molecule has 0 aromatic rings. The smallest absolute Gasteiger partial charge is 0.00176 e. The van der Waals surface area contributed by atoms with Gasteiger partial charge in [0.2, 0.25) is 0 Å². The highest BCUT2D eigenvalue weighted by atomic mass is 32.1. The Morgan fingerprint density at radius 3 is 2.36 bits per heavy atom. The van der Waals surface area contributed by atoms with Crippen molar-refractivity contribution in [1.29, 1.82) is 0 Å². The van der Waals surface area contributed by atoms with Gasteiger partial charge >= 0.3 is 0 Å². The predicted molar refractivity (Wildman–Crippen MR) is 53.3 cm³/mol. The molecule has 0 N–H and O–H groups in total. The zero-order chi connectivity index (χ0) is 8.27. The summed E-state index contributed by atoms with van der Waals surface area (Å²) in [6, 6.07) is 0. The molecule has 2 heteroatoms. The molecule has 0 aromatic heterocycles. The van der Waals surface area contributed by atoms with E-state index in [9.17, 15) is 0 Å². The van der Waals surface area contributed by atoms with Crippen LogP contribution in [-0.4, -0.2) is 29.8 Å². The molecule has 1 fully saturated rings. The van der Waals surface area contributed by atoms with Crippen molar-refractivity contribution in [3.8, 4) is 0 Å². The fraction of sp³-hybridized carbons (Fsp3) is 1.00. The van der Waals surface area contributed by atoms with Gasteiger partial charge in [0.25, 0.3) is 0 Å². The molecule has 11 heavy (non-hydrogen) atoms. The number of piperidine rings is 1. The van der Waals surface area contributed by atoms with Crippen LogP contribution in [0.1, 0.15) is 26.7 Å². The van der Waals surface area contributed by atoms with Crippen LogP contribution in [0, 0.1) is 5.92 Å². The van der Waals surface area contributed by atoms with Gasteiger partial charge in [-0.15, -0.1) is 0 Å². The summed E-state index contributed by atoms with van der Waals surface area (Å²) >= 11 is 4.48. The zero-order valence-corrected chi connectivity index (χ0v) is 8.48. The summed E-state index contributed by atoms with van der Waals surface area (Å²) in [5.74, 6) is 0.862. The van der Waals surface area contributed by atoms with Gasteiger partial charge < -0.3 is 4.90 Å². The molecule has 1 unspecified atom stereocenters. The van der Waals surface area contributed by atoms with E-state index in [2.05, 4.69) is 31.4 Å². The van der Waals surface area contributed by atoms with E-state index in [0.717, 1.165) is 5.92 Å². The molecule has 1 atom stereocenters. The summed E-state index contributed by atoms with van der Waals surface area (Å²) in [4.78, 5) is 2.52. The number of hydrogen-bond acceptors (Lipinski definition) is 2. The fourth-order valence-corrected chi connectivity index (χ4v) is 2.05. The molecular formula is C9H19NS. The third-order valence-corrected chi connectivity index (χ3v) is 3.18. The zero-order valence-electron chi connectivity index (χ0n) is 7.58. The van der Waals surface area contributed by atoms with Crippen molar-refractivity contribution >= 4 is 12.6 Å². The third-order valence-electron chi connectivity index (χ3n) is 2.76. The Morgan fingerprint density at radius 1 is 1.45 bits per heavy atom. The van der Waals surface area contributed by atoms with E-state index in [1.165, 1.54) is 32.5 Å². The van der Waals surface area contributed by atoms with Gasteiger partial charge in [0.15, 0.2) is 0 Å². The molecule has 0 saturated carbocycles. The maximum absolute atomic E-state index is 4.48. The lowest BCUT2D eigenvalue weighted by molar-refractivity contribution is 0.193. The molecule has 0 radical (unpaired) electrons. The van der Waals surface area contributed by atoms with Crippen LogP contribution in [0.25, 0.3) is 0 Å². The highest BCUT2D eigenvalue weighted by Crippen LogP contribution is 2.22. The Morgan fingerprint density at radius 2 is 2.00 bits per heavy atom. The average molecular weight is 173 g/mol. The number of thiol groups is 1. The number of hydrogen-bond donors (Lipinski definition) is 1. The van der Waals surface area contributed by atoms with Gasteiger partial charge in [0.1, 0.15) is 0 Å². The van der Waals surface area contributed by atoms with Crippen LogP contribution < -0.4 is 0 Å². The third kappa shape index (κ3) is 2.68. The predicted octanol–water partition coefficient (Wildman–Crippen LogP) is 2.04. The maximum Gasteiger partial charge on any atom is 0.00176 e. The summed E-state index contributed by atoms with van der Waals surface area (Å²) in [6.07, 6.45) is 2.69. The van der Waals surface area contributed by atoms with E-state index in [1.54, 1.807) is 0 Å². The first-order chi connectivity index (χ1) is 5.24. The maximum atomic E-state index is 4.48. The fourth-order valence-electron chi connectivity index (χ4n) is 1.75. The minimum atomic E-state index is 0.592. The first-order valence-corrected chi connectivity index (χ1v) is 5.16. The van der Waals surface area contributed by atoms with Crippen molar-refractivity contribution in [1.82, 2.24) is 4.90 Å². The van der Waals surface area contributed by atoms with Crippen LogP contribution in [0.5, 0.6) is 0 Å². The molecule has 0 bridgehead atoms. The van der Waals surface area contributed by atoms with Gasteiger partial charge in [-0.3, -0.25) is 0 Å². The lowest BCUT2D eigenvalue weighted by Gasteiger charge is -2.32. The number of rotatable bonds is 2. The van der Waals surface area contributed by atoms with Gasteiger partial charge in [-0.05, 0) is 38.4 Å². The normalized spacial score (nSPS) is 25.4. The SMILES string of the molecule is CCN1CCC(C(C)S)CC1. The molecule has 1 aliphatic heterocycles. The second-order valence-corrected chi connectivity index (χ2v) is 4.33.